The minimum atomic E-state index is -0.652. The van der Waals surface area contributed by atoms with Crippen molar-refractivity contribution in [3.05, 3.63) is 10.4 Å². The van der Waals surface area contributed by atoms with Crippen LogP contribution in [0.2, 0.25) is 0 Å². The molecular weight excluding hydrogens is 122 g/mol. The molecule has 0 saturated carbocycles. The van der Waals surface area contributed by atoms with Gasteiger partial charge in [0.25, 0.3) is 0 Å². The third-order valence-corrected chi connectivity index (χ3v) is 1.11. The van der Waals surface area contributed by atoms with Crippen LogP contribution >= 0.6 is 0 Å². The molecule has 0 radical (unpaired) electrons. The molecular formula is C3H5N5O. The van der Waals surface area contributed by atoms with E-state index in [1.165, 1.54) is 0 Å². The molecule has 0 aromatic heterocycles. The molecule has 1 aliphatic heterocycles. The third kappa shape index (κ3) is 0.802. The third-order valence-electron chi connectivity index (χ3n) is 1.11. The van der Waals surface area contributed by atoms with Gasteiger partial charge in [0.15, 0.2) is 0 Å². The molecule has 0 bridgehead atoms. The van der Waals surface area contributed by atoms with E-state index >= 15 is 0 Å². The van der Waals surface area contributed by atoms with Crippen LogP contribution in [0, 0.1) is 0 Å². The first kappa shape index (κ1) is 5.87. The van der Waals surface area contributed by atoms with E-state index in [9.17, 15) is 4.79 Å². The fourth-order valence-corrected chi connectivity index (χ4v) is 0.535. The van der Waals surface area contributed by atoms with Crippen molar-refractivity contribution in [1.29, 1.82) is 0 Å². The van der Waals surface area contributed by atoms with Crippen LogP contribution in [0.15, 0.2) is 5.11 Å². The van der Waals surface area contributed by atoms with Crippen molar-refractivity contribution in [3.63, 3.8) is 0 Å². The van der Waals surface area contributed by atoms with E-state index in [4.69, 9.17) is 11.3 Å². The van der Waals surface area contributed by atoms with Crippen LogP contribution in [0.3, 0.4) is 0 Å². The number of carbonyl (C=O) groups is 1. The monoisotopic (exact) mass is 127 g/mol. The lowest BCUT2D eigenvalue weighted by Crippen LogP contribution is -2.65. The number of azide groups is 1. The highest BCUT2D eigenvalue weighted by Gasteiger charge is 2.34. The maximum absolute atomic E-state index is 10.3. The number of β-lactam (4-membered cyclic amide) rings is 1. The number of carbonyl (C=O) groups excluding carboxylic acids is 1. The maximum Gasteiger partial charge on any atom is 0.239 e. The number of nitrogens with zero attached hydrogens (tertiary/aromatic N) is 3. The van der Waals surface area contributed by atoms with Crippen molar-refractivity contribution < 1.29 is 4.79 Å². The first-order valence-corrected chi connectivity index (χ1v) is 2.36. The number of hydrogen-bond acceptors (Lipinski definition) is 3. The molecule has 1 heterocycles. The molecule has 0 spiro atoms. The van der Waals surface area contributed by atoms with E-state index in [1.807, 2.05) is 0 Å². The second-order valence-electron chi connectivity index (χ2n) is 1.68. The number of nitrogens with two attached hydrogens (primary N) is 1. The molecule has 1 saturated heterocycles. The minimum absolute atomic E-state index is 0.271. The van der Waals surface area contributed by atoms with Crippen LogP contribution in [0.5, 0.6) is 0 Å². The van der Waals surface area contributed by atoms with Gasteiger partial charge in [-0.1, -0.05) is 5.11 Å². The summed E-state index contributed by atoms with van der Waals surface area (Å²) in [7, 11) is 0. The summed E-state index contributed by atoms with van der Waals surface area (Å²) in [5.41, 5.74) is 13.0. The number of nitrogens with one attached hydrogen (secondary N) is 1. The quantitative estimate of drug-likeness (QED) is 0.206. The Morgan fingerprint density at radius 2 is 2.56 bits per heavy atom. The van der Waals surface area contributed by atoms with Gasteiger partial charge in [0, 0.05) is 4.91 Å². The van der Waals surface area contributed by atoms with Crippen molar-refractivity contribution in [1.82, 2.24) is 5.32 Å². The zero-order chi connectivity index (χ0) is 6.85. The van der Waals surface area contributed by atoms with Crippen molar-refractivity contribution in [3.8, 4) is 0 Å². The van der Waals surface area contributed by atoms with E-state index in [2.05, 4.69) is 15.3 Å². The Morgan fingerprint density at radius 3 is 2.89 bits per heavy atom. The standard InChI is InChI=1S/C3H5N5O/c4-1-2(7-8-5)6-3(1)9/h1-2H,4H2,(H,6,9)/t1-,2-/m0/s1. The Hall–Kier alpha value is -1.26. The molecule has 0 aromatic carbocycles. The van der Waals surface area contributed by atoms with Crippen molar-refractivity contribution in [2.75, 3.05) is 0 Å². The second kappa shape index (κ2) is 1.93. The normalized spacial score (nSPS) is 31.9. The van der Waals surface area contributed by atoms with Gasteiger partial charge in [0.05, 0.1) is 0 Å². The molecule has 48 valence electrons. The maximum atomic E-state index is 10.3. The summed E-state index contributed by atoms with van der Waals surface area (Å²) in [6.45, 7) is 0. The lowest BCUT2D eigenvalue weighted by Gasteiger charge is -2.29. The predicted octanol–water partition coefficient (Wildman–Crippen LogP) is -0.920. The lowest BCUT2D eigenvalue weighted by atomic mass is 10.1. The van der Waals surface area contributed by atoms with E-state index < -0.39 is 12.2 Å². The van der Waals surface area contributed by atoms with E-state index in [0.717, 1.165) is 0 Å². The lowest BCUT2D eigenvalue weighted by molar-refractivity contribution is -0.130. The molecule has 0 unspecified atom stereocenters. The van der Waals surface area contributed by atoms with Gasteiger partial charge in [-0.25, -0.2) is 0 Å². The van der Waals surface area contributed by atoms with Gasteiger partial charge in [-0.3, -0.25) is 4.79 Å². The molecule has 0 aromatic rings. The van der Waals surface area contributed by atoms with Gasteiger partial charge in [-0.2, -0.15) is 0 Å². The minimum Gasteiger partial charge on any atom is -0.344 e. The van der Waals surface area contributed by atoms with Crippen LogP contribution in [0.1, 0.15) is 0 Å². The summed E-state index contributed by atoms with van der Waals surface area (Å²) >= 11 is 0. The Bertz CT molecular complexity index is 183. The molecule has 1 fully saturated rings. The molecule has 6 nitrogen and oxygen atoms in total. The van der Waals surface area contributed by atoms with Crippen LogP contribution in [-0.4, -0.2) is 18.1 Å². The predicted molar refractivity (Wildman–Crippen MR) is 29.1 cm³/mol. The largest absolute Gasteiger partial charge is 0.344 e. The Balaban J connectivity index is 2.51. The topological polar surface area (TPSA) is 104 Å². The molecule has 3 N–H and O–H groups in total. The summed E-state index contributed by atoms with van der Waals surface area (Å²) in [6, 6.07) is -0.652. The van der Waals surface area contributed by atoms with Crippen LogP contribution in [-0.2, 0) is 4.79 Å². The molecule has 2 atom stereocenters. The molecule has 9 heavy (non-hydrogen) atoms. The Morgan fingerprint density at radius 1 is 1.89 bits per heavy atom. The van der Waals surface area contributed by atoms with E-state index in [-0.39, 0.29) is 5.91 Å². The smallest absolute Gasteiger partial charge is 0.239 e. The summed E-state index contributed by atoms with van der Waals surface area (Å²) < 4.78 is 0. The van der Waals surface area contributed by atoms with Crippen LogP contribution in [0.4, 0.5) is 0 Å². The van der Waals surface area contributed by atoms with Gasteiger partial charge in [-0.15, -0.1) is 0 Å². The molecule has 1 amide bonds. The fraction of sp³-hybridized carbons (Fsp3) is 0.667. The second-order valence-corrected chi connectivity index (χ2v) is 1.68. The van der Waals surface area contributed by atoms with Crippen molar-refractivity contribution in [2.24, 2.45) is 10.8 Å². The average Bonchev–Trinajstić information content (AvgIpc) is 1.88. The Labute approximate surface area is 50.6 Å². The molecule has 0 aliphatic carbocycles. The molecule has 6 heteroatoms. The zero-order valence-corrected chi connectivity index (χ0v) is 4.48. The summed E-state index contributed by atoms with van der Waals surface area (Å²) in [5, 5.41) is 5.49. The average molecular weight is 127 g/mol. The van der Waals surface area contributed by atoms with Gasteiger partial charge >= 0.3 is 0 Å². The van der Waals surface area contributed by atoms with E-state index in [1.54, 1.807) is 0 Å². The SMILES string of the molecule is [N-]=[N+]=N[C@@H]1NC(=O)[C@H]1N. The number of rotatable bonds is 1. The van der Waals surface area contributed by atoms with E-state index in [0.29, 0.717) is 0 Å². The fourth-order valence-electron chi connectivity index (χ4n) is 0.535. The van der Waals surface area contributed by atoms with Gasteiger partial charge < -0.3 is 11.1 Å². The van der Waals surface area contributed by atoms with Crippen molar-refractivity contribution in [2.45, 2.75) is 12.2 Å². The summed E-state index contributed by atoms with van der Waals surface area (Å²) in [6.07, 6.45) is -0.539. The first-order valence-electron chi connectivity index (χ1n) is 2.36. The highest BCUT2D eigenvalue weighted by atomic mass is 16.2. The zero-order valence-electron chi connectivity index (χ0n) is 4.48. The highest BCUT2D eigenvalue weighted by molar-refractivity contribution is 5.88. The van der Waals surface area contributed by atoms with Gasteiger partial charge in [0.1, 0.15) is 12.2 Å². The van der Waals surface area contributed by atoms with Crippen LogP contribution in [0.25, 0.3) is 10.4 Å². The van der Waals surface area contributed by atoms with Crippen molar-refractivity contribution >= 4 is 5.91 Å². The summed E-state index contributed by atoms with van der Waals surface area (Å²) in [5.74, 6) is -0.271. The van der Waals surface area contributed by atoms with Gasteiger partial charge in [0.2, 0.25) is 5.91 Å². The number of hydrogen-bond donors (Lipinski definition) is 2. The number of amides is 1. The molecule has 1 aliphatic rings. The summed E-state index contributed by atoms with van der Waals surface area (Å²) in [4.78, 5) is 12.8. The van der Waals surface area contributed by atoms with Crippen LogP contribution < -0.4 is 11.1 Å². The van der Waals surface area contributed by atoms with Gasteiger partial charge in [-0.05, 0) is 5.53 Å². The molecule has 1 rings (SSSR count). The highest BCUT2D eigenvalue weighted by Crippen LogP contribution is 2.03. The Kier molecular flexibility index (Phi) is 1.26. The first-order chi connectivity index (χ1) is 4.25.